The summed E-state index contributed by atoms with van der Waals surface area (Å²) in [7, 11) is 4.36. The number of piperazine rings is 1. The summed E-state index contributed by atoms with van der Waals surface area (Å²) in [4.78, 5) is 4.77. The molecule has 1 heterocycles. The van der Waals surface area contributed by atoms with Crippen LogP contribution in [0.5, 0.6) is 0 Å². The highest BCUT2D eigenvalue weighted by molar-refractivity contribution is 4.80. The molecule has 0 amide bonds. The van der Waals surface area contributed by atoms with Crippen LogP contribution < -0.4 is 5.32 Å². The highest BCUT2D eigenvalue weighted by Crippen LogP contribution is 2.20. The number of aliphatic hydroxyl groups is 1. The lowest BCUT2D eigenvalue weighted by Gasteiger charge is -2.38. The Balaban J connectivity index is 1.54. The Hall–Kier alpha value is -0.200. The number of nitrogens with zero attached hydrogens (tertiary/aromatic N) is 2. The van der Waals surface area contributed by atoms with Crippen molar-refractivity contribution in [2.24, 2.45) is 0 Å². The Morgan fingerprint density at radius 1 is 1.19 bits per heavy atom. The van der Waals surface area contributed by atoms with Gasteiger partial charge >= 0.3 is 0 Å². The minimum Gasteiger partial charge on any atom is -0.389 e. The van der Waals surface area contributed by atoms with E-state index in [9.17, 15) is 5.11 Å². The quantitative estimate of drug-likeness (QED) is 0.718. The maximum Gasteiger partial charge on any atom is 0.0897 e. The molecule has 1 saturated heterocycles. The van der Waals surface area contributed by atoms with Crippen LogP contribution in [0.15, 0.2) is 0 Å². The number of hydrogen-bond acceptors (Lipinski definition) is 5. The van der Waals surface area contributed by atoms with Gasteiger partial charge in [0.1, 0.15) is 0 Å². The average Bonchev–Trinajstić information content (AvgIpc) is 2.50. The Morgan fingerprint density at radius 3 is 2.71 bits per heavy atom. The largest absolute Gasteiger partial charge is 0.389 e. The van der Waals surface area contributed by atoms with Gasteiger partial charge < -0.3 is 20.1 Å². The summed E-state index contributed by atoms with van der Waals surface area (Å²) in [6.07, 6.45) is 6.22. The van der Waals surface area contributed by atoms with Crippen LogP contribution in [-0.2, 0) is 4.74 Å². The predicted molar refractivity (Wildman–Crippen MR) is 85.6 cm³/mol. The summed E-state index contributed by atoms with van der Waals surface area (Å²) in [6, 6.07) is 0.537. The number of rotatable bonds is 7. The van der Waals surface area contributed by atoms with Crippen LogP contribution in [0.2, 0.25) is 0 Å². The van der Waals surface area contributed by atoms with E-state index in [1.54, 1.807) is 0 Å². The number of likely N-dealkylation sites (N-methyl/N-ethyl adjacent to an activating group) is 2. The van der Waals surface area contributed by atoms with Crippen molar-refractivity contribution in [3.05, 3.63) is 0 Å². The lowest BCUT2D eigenvalue weighted by molar-refractivity contribution is -0.0235. The molecule has 2 unspecified atom stereocenters. The van der Waals surface area contributed by atoms with Gasteiger partial charge in [0.15, 0.2) is 0 Å². The summed E-state index contributed by atoms with van der Waals surface area (Å²) < 4.78 is 5.82. The molecule has 2 atom stereocenters. The highest BCUT2D eigenvalue weighted by Gasteiger charge is 2.22. The number of ether oxygens (including phenoxy) is 1. The Bertz CT molecular complexity index is 285. The summed E-state index contributed by atoms with van der Waals surface area (Å²) in [5.41, 5.74) is 0. The van der Waals surface area contributed by atoms with Gasteiger partial charge in [0, 0.05) is 38.8 Å². The normalized spacial score (nSPS) is 27.9. The topological polar surface area (TPSA) is 48.0 Å². The monoisotopic (exact) mass is 299 g/mol. The van der Waals surface area contributed by atoms with Crippen molar-refractivity contribution in [2.75, 3.05) is 53.4 Å². The average molecular weight is 299 g/mol. The first kappa shape index (κ1) is 17.2. The molecular weight excluding hydrogens is 266 g/mol. The van der Waals surface area contributed by atoms with Gasteiger partial charge in [0.2, 0.25) is 0 Å². The maximum atomic E-state index is 10.0. The first-order valence-electron chi connectivity index (χ1n) is 8.54. The van der Waals surface area contributed by atoms with Crippen molar-refractivity contribution < 1.29 is 9.84 Å². The van der Waals surface area contributed by atoms with E-state index in [0.29, 0.717) is 25.3 Å². The van der Waals surface area contributed by atoms with Gasteiger partial charge in [-0.15, -0.1) is 0 Å². The van der Waals surface area contributed by atoms with Crippen molar-refractivity contribution in [2.45, 2.75) is 50.4 Å². The second-order valence-electron chi connectivity index (χ2n) is 6.80. The molecule has 2 aliphatic rings. The zero-order valence-electron chi connectivity index (χ0n) is 13.8. The Morgan fingerprint density at radius 2 is 1.95 bits per heavy atom. The van der Waals surface area contributed by atoms with Gasteiger partial charge in [-0.05, 0) is 26.9 Å². The van der Waals surface area contributed by atoms with Crippen molar-refractivity contribution in [1.82, 2.24) is 15.1 Å². The molecule has 124 valence electrons. The fourth-order valence-electron chi connectivity index (χ4n) is 3.28. The van der Waals surface area contributed by atoms with E-state index in [1.807, 2.05) is 0 Å². The maximum absolute atomic E-state index is 10.0. The fourth-order valence-corrected chi connectivity index (χ4v) is 3.28. The van der Waals surface area contributed by atoms with E-state index in [2.05, 4.69) is 29.2 Å². The van der Waals surface area contributed by atoms with Gasteiger partial charge in [-0.3, -0.25) is 4.90 Å². The third-order valence-electron chi connectivity index (χ3n) is 4.82. The van der Waals surface area contributed by atoms with Crippen molar-refractivity contribution in [3.8, 4) is 0 Å². The first-order chi connectivity index (χ1) is 10.1. The number of aliphatic hydroxyl groups excluding tert-OH is 1. The molecule has 21 heavy (non-hydrogen) atoms. The van der Waals surface area contributed by atoms with Crippen molar-refractivity contribution in [3.63, 3.8) is 0 Å². The fraction of sp³-hybridized carbons (Fsp3) is 1.00. The van der Waals surface area contributed by atoms with E-state index >= 15 is 0 Å². The van der Waals surface area contributed by atoms with Crippen LogP contribution in [0.25, 0.3) is 0 Å². The first-order valence-corrected chi connectivity index (χ1v) is 8.54. The van der Waals surface area contributed by atoms with Gasteiger partial charge in [0.05, 0.1) is 18.8 Å². The molecule has 5 nitrogen and oxygen atoms in total. The Kier molecular flexibility index (Phi) is 7.40. The highest BCUT2D eigenvalue weighted by atomic mass is 16.5. The molecule has 1 aliphatic carbocycles. The molecule has 5 heteroatoms. The van der Waals surface area contributed by atoms with E-state index < -0.39 is 6.10 Å². The summed E-state index contributed by atoms with van der Waals surface area (Å²) >= 11 is 0. The molecular formula is C16H33N3O2. The van der Waals surface area contributed by atoms with Gasteiger partial charge in [-0.2, -0.15) is 0 Å². The van der Waals surface area contributed by atoms with E-state index in [0.717, 1.165) is 26.2 Å². The standard InChI is InChI=1S/C16H33N3O2/c1-18-8-9-19(2)14(12-18)10-17-11-15(20)13-21-16-6-4-3-5-7-16/h14-17,20H,3-13H2,1-2H3. The molecule has 0 radical (unpaired) electrons. The molecule has 0 aromatic carbocycles. The smallest absolute Gasteiger partial charge is 0.0897 e. The van der Waals surface area contributed by atoms with Crippen LogP contribution >= 0.6 is 0 Å². The summed E-state index contributed by atoms with van der Waals surface area (Å²) in [6.45, 7) is 5.39. The molecule has 2 rings (SSSR count). The summed E-state index contributed by atoms with van der Waals surface area (Å²) in [5.74, 6) is 0. The molecule has 2 fully saturated rings. The van der Waals surface area contributed by atoms with E-state index in [4.69, 9.17) is 4.74 Å². The van der Waals surface area contributed by atoms with Crippen LogP contribution in [-0.4, -0.2) is 86.6 Å². The van der Waals surface area contributed by atoms with E-state index in [1.165, 1.54) is 32.1 Å². The van der Waals surface area contributed by atoms with Gasteiger partial charge in [0.25, 0.3) is 0 Å². The second kappa shape index (κ2) is 9.06. The molecule has 0 aromatic heterocycles. The van der Waals surface area contributed by atoms with Crippen molar-refractivity contribution >= 4 is 0 Å². The molecule has 0 spiro atoms. The molecule has 0 bridgehead atoms. The SMILES string of the molecule is CN1CCN(C)C(CNCC(O)COC2CCCCC2)C1. The molecule has 1 aliphatic heterocycles. The van der Waals surface area contributed by atoms with Crippen LogP contribution in [0.3, 0.4) is 0 Å². The molecule has 2 N–H and O–H groups in total. The predicted octanol–water partition coefficient (Wildman–Crippen LogP) is 0.532. The lowest BCUT2D eigenvalue weighted by Crippen LogP contribution is -2.54. The zero-order chi connectivity index (χ0) is 15.1. The second-order valence-corrected chi connectivity index (χ2v) is 6.80. The lowest BCUT2D eigenvalue weighted by atomic mass is 9.98. The van der Waals surface area contributed by atoms with Crippen LogP contribution in [0.4, 0.5) is 0 Å². The van der Waals surface area contributed by atoms with Crippen LogP contribution in [0, 0.1) is 0 Å². The molecule has 1 saturated carbocycles. The molecule has 0 aromatic rings. The van der Waals surface area contributed by atoms with E-state index in [-0.39, 0.29) is 0 Å². The Labute approximate surface area is 129 Å². The number of hydrogen-bond donors (Lipinski definition) is 2. The summed E-state index contributed by atoms with van der Waals surface area (Å²) in [5, 5.41) is 13.4. The number of nitrogens with one attached hydrogen (secondary N) is 1. The van der Waals surface area contributed by atoms with Gasteiger partial charge in [-0.25, -0.2) is 0 Å². The van der Waals surface area contributed by atoms with Crippen LogP contribution in [0.1, 0.15) is 32.1 Å². The minimum atomic E-state index is -0.390. The zero-order valence-corrected chi connectivity index (χ0v) is 13.8. The minimum absolute atomic E-state index is 0.381. The van der Waals surface area contributed by atoms with Crippen molar-refractivity contribution in [1.29, 1.82) is 0 Å². The van der Waals surface area contributed by atoms with Gasteiger partial charge in [-0.1, -0.05) is 19.3 Å². The third kappa shape index (κ3) is 6.20. The third-order valence-corrected chi connectivity index (χ3v) is 4.82.